The number of aromatic amines is 1. The first-order chi connectivity index (χ1) is 12.2. The first kappa shape index (κ1) is 15.9. The fourth-order valence-electron chi connectivity index (χ4n) is 3.60. The number of fused-ring (bicyclic) bond motifs is 1. The van der Waals surface area contributed by atoms with Crippen LogP contribution in [-0.4, -0.2) is 27.5 Å². The zero-order valence-corrected chi connectivity index (χ0v) is 14.9. The molecule has 1 aliphatic heterocycles. The Morgan fingerprint density at radius 2 is 2.16 bits per heavy atom. The molecule has 1 aromatic carbocycles. The monoisotopic (exact) mass is 335 g/mol. The van der Waals surface area contributed by atoms with Crippen LogP contribution in [0.15, 0.2) is 36.5 Å². The summed E-state index contributed by atoms with van der Waals surface area (Å²) in [5.41, 5.74) is 3.22. The number of nitrogens with one attached hydrogen (secondary N) is 2. The van der Waals surface area contributed by atoms with Crippen molar-refractivity contribution in [3.63, 3.8) is 0 Å². The van der Waals surface area contributed by atoms with Crippen molar-refractivity contribution >= 4 is 28.4 Å². The van der Waals surface area contributed by atoms with Gasteiger partial charge in [0.05, 0.1) is 0 Å². The van der Waals surface area contributed by atoms with E-state index < -0.39 is 0 Å². The number of rotatable bonds is 5. The molecule has 0 aliphatic carbocycles. The van der Waals surface area contributed by atoms with Gasteiger partial charge < -0.3 is 15.2 Å². The standard InChI is InChI=1S/C20H25N5/c1-3-5-16-13-19(25-11-4-6-14(25)2)24-20(22-16)23-17-8-7-15-9-10-21-18(15)12-17/h7-10,12-14,21H,3-6,11H2,1-2H3,(H,22,23,24)/t14-/m1/s1. The molecule has 1 fully saturated rings. The lowest BCUT2D eigenvalue weighted by Crippen LogP contribution is -2.27. The van der Waals surface area contributed by atoms with E-state index in [1.807, 2.05) is 6.20 Å². The van der Waals surface area contributed by atoms with Gasteiger partial charge in [-0.05, 0) is 49.8 Å². The van der Waals surface area contributed by atoms with E-state index in [0.29, 0.717) is 12.0 Å². The molecule has 0 bridgehead atoms. The molecular weight excluding hydrogens is 310 g/mol. The first-order valence-corrected chi connectivity index (χ1v) is 9.21. The molecule has 3 aromatic rings. The van der Waals surface area contributed by atoms with Gasteiger partial charge >= 0.3 is 0 Å². The lowest BCUT2D eigenvalue weighted by molar-refractivity contribution is 0.724. The van der Waals surface area contributed by atoms with Gasteiger partial charge in [-0.1, -0.05) is 19.4 Å². The zero-order valence-electron chi connectivity index (χ0n) is 14.9. The third-order valence-corrected chi connectivity index (χ3v) is 4.93. The van der Waals surface area contributed by atoms with Gasteiger partial charge in [0.2, 0.25) is 5.95 Å². The molecule has 4 rings (SSSR count). The van der Waals surface area contributed by atoms with Crippen LogP contribution in [0.5, 0.6) is 0 Å². The minimum absolute atomic E-state index is 0.549. The highest BCUT2D eigenvalue weighted by atomic mass is 15.3. The molecule has 5 heteroatoms. The van der Waals surface area contributed by atoms with Gasteiger partial charge in [-0.3, -0.25) is 0 Å². The molecule has 0 unspecified atom stereocenters. The van der Waals surface area contributed by atoms with E-state index >= 15 is 0 Å². The second kappa shape index (κ2) is 6.75. The number of nitrogens with zero attached hydrogens (tertiary/aromatic N) is 3. The van der Waals surface area contributed by atoms with Crippen LogP contribution in [0.4, 0.5) is 17.5 Å². The molecule has 130 valence electrons. The topological polar surface area (TPSA) is 56.8 Å². The van der Waals surface area contributed by atoms with E-state index in [1.54, 1.807) is 0 Å². The van der Waals surface area contributed by atoms with Crippen molar-refractivity contribution in [2.24, 2.45) is 0 Å². The van der Waals surface area contributed by atoms with Crippen molar-refractivity contribution in [2.75, 3.05) is 16.8 Å². The van der Waals surface area contributed by atoms with Gasteiger partial charge in [-0.2, -0.15) is 4.98 Å². The summed E-state index contributed by atoms with van der Waals surface area (Å²) in [6.07, 6.45) is 6.49. The predicted octanol–water partition coefficient (Wildman–Crippen LogP) is 4.64. The number of aromatic nitrogens is 3. The molecule has 1 aliphatic rings. The van der Waals surface area contributed by atoms with Crippen LogP contribution in [0.2, 0.25) is 0 Å². The molecule has 1 atom stereocenters. The van der Waals surface area contributed by atoms with E-state index in [1.165, 1.54) is 18.2 Å². The lowest BCUT2D eigenvalue weighted by Gasteiger charge is -2.23. The molecule has 0 saturated carbocycles. The number of H-pyrrole nitrogens is 1. The van der Waals surface area contributed by atoms with Crippen molar-refractivity contribution in [2.45, 2.75) is 45.6 Å². The van der Waals surface area contributed by atoms with E-state index in [9.17, 15) is 0 Å². The van der Waals surface area contributed by atoms with Crippen LogP contribution in [0.1, 0.15) is 38.8 Å². The number of aryl methyl sites for hydroxylation is 1. The Bertz CT molecular complexity index is 869. The van der Waals surface area contributed by atoms with Crippen LogP contribution >= 0.6 is 0 Å². The maximum Gasteiger partial charge on any atom is 0.229 e. The molecule has 2 N–H and O–H groups in total. The van der Waals surface area contributed by atoms with Gasteiger partial charge in [-0.15, -0.1) is 0 Å². The summed E-state index contributed by atoms with van der Waals surface area (Å²) in [7, 11) is 0. The van der Waals surface area contributed by atoms with Crippen LogP contribution in [0.25, 0.3) is 10.9 Å². The minimum atomic E-state index is 0.549. The van der Waals surface area contributed by atoms with Crippen molar-refractivity contribution in [1.82, 2.24) is 15.0 Å². The Morgan fingerprint density at radius 1 is 1.24 bits per heavy atom. The average Bonchev–Trinajstić information content (AvgIpc) is 3.23. The minimum Gasteiger partial charge on any atom is -0.361 e. The number of hydrogen-bond donors (Lipinski definition) is 2. The number of hydrogen-bond acceptors (Lipinski definition) is 4. The Labute approximate surface area is 148 Å². The quantitative estimate of drug-likeness (QED) is 0.713. The van der Waals surface area contributed by atoms with E-state index in [2.05, 4.69) is 59.4 Å². The number of benzene rings is 1. The summed E-state index contributed by atoms with van der Waals surface area (Å²) < 4.78 is 0. The Morgan fingerprint density at radius 3 is 2.96 bits per heavy atom. The lowest BCUT2D eigenvalue weighted by atomic mass is 10.2. The first-order valence-electron chi connectivity index (χ1n) is 9.21. The maximum absolute atomic E-state index is 4.80. The zero-order chi connectivity index (χ0) is 17.2. The molecule has 3 heterocycles. The second-order valence-corrected chi connectivity index (χ2v) is 6.88. The van der Waals surface area contributed by atoms with Gasteiger partial charge in [0.1, 0.15) is 5.82 Å². The summed E-state index contributed by atoms with van der Waals surface area (Å²) >= 11 is 0. The van der Waals surface area contributed by atoms with Crippen molar-refractivity contribution < 1.29 is 0 Å². The largest absolute Gasteiger partial charge is 0.361 e. The second-order valence-electron chi connectivity index (χ2n) is 6.88. The Hall–Kier alpha value is -2.56. The fraction of sp³-hybridized carbons (Fsp3) is 0.400. The molecule has 25 heavy (non-hydrogen) atoms. The SMILES string of the molecule is CCCc1cc(N2CCC[C@H]2C)nc(Nc2ccc3cc[nH]c3c2)n1. The summed E-state index contributed by atoms with van der Waals surface area (Å²) in [5, 5.41) is 4.60. The summed E-state index contributed by atoms with van der Waals surface area (Å²) in [6, 6.07) is 11.1. The van der Waals surface area contributed by atoms with Crippen molar-refractivity contribution in [3.05, 3.63) is 42.2 Å². The van der Waals surface area contributed by atoms with E-state index in [-0.39, 0.29) is 0 Å². The highest BCUT2D eigenvalue weighted by Gasteiger charge is 2.22. The molecule has 0 spiro atoms. The Balaban J connectivity index is 1.66. The van der Waals surface area contributed by atoms with Crippen LogP contribution in [-0.2, 0) is 6.42 Å². The van der Waals surface area contributed by atoms with Crippen LogP contribution < -0.4 is 10.2 Å². The molecule has 5 nitrogen and oxygen atoms in total. The van der Waals surface area contributed by atoms with Gasteiger partial charge in [-0.25, -0.2) is 4.98 Å². The number of anilines is 3. The molecule has 2 aromatic heterocycles. The molecule has 0 radical (unpaired) electrons. The molecular formula is C20H25N5. The molecule has 0 amide bonds. The Kier molecular flexibility index (Phi) is 4.30. The van der Waals surface area contributed by atoms with E-state index in [0.717, 1.165) is 42.1 Å². The maximum atomic E-state index is 4.80. The third-order valence-electron chi connectivity index (χ3n) is 4.93. The normalized spacial score (nSPS) is 17.4. The van der Waals surface area contributed by atoms with Crippen LogP contribution in [0.3, 0.4) is 0 Å². The van der Waals surface area contributed by atoms with Crippen LogP contribution in [0, 0.1) is 0 Å². The van der Waals surface area contributed by atoms with Crippen molar-refractivity contribution in [1.29, 1.82) is 0 Å². The third kappa shape index (κ3) is 3.31. The molecule has 1 saturated heterocycles. The van der Waals surface area contributed by atoms with Gasteiger partial charge in [0.25, 0.3) is 0 Å². The highest BCUT2D eigenvalue weighted by Crippen LogP contribution is 2.27. The fourth-order valence-corrected chi connectivity index (χ4v) is 3.60. The van der Waals surface area contributed by atoms with Gasteiger partial charge in [0.15, 0.2) is 0 Å². The van der Waals surface area contributed by atoms with Crippen molar-refractivity contribution in [3.8, 4) is 0 Å². The summed E-state index contributed by atoms with van der Waals surface area (Å²) in [6.45, 7) is 5.55. The summed E-state index contributed by atoms with van der Waals surface area (Å²) in [4.78, 5) is 15.2. The van der Waals surface area contributed by atoms with Gasteiger partial charge in [0, 0.05) is 41.7 Å². The average molecular weight is 335 g/mol. The highest BCUT2D eigenvalue weighted by molar-refractivity contribution is 5.83. The van der Waals surface area contributed by atoms with E-state index in [4.69, 9.17) is 9.97 Å². The predicted molar refractivity (Wildman–Crippen MR) is 104 cm³/mol. The smallest absolute Gasteiger partial charge is 0.229 e. The summed E-state index contributed by atoms with van der Waals surface area (Å²) in [5.74, 6) is 1.73.